The number of carbonyl (C=O) groups is 2. The fraction of sp³-hybridized carbons (Fsp3) is 0.222. The SMILES string of the molecule is COc1cccc(NC(=O)CC(=O)NCc2ccccc2C)c1. The molecule has 0 fully saturated rings. The molecule has 5 heteroatoms. The maximum Gasteiger partial charge on any atom is 0.233 e. The van der Waals surface area contributed by atoms with Gasteiger partial charge in [-0.3, -0.25) is 9.59 Å². The minimum Gasteiger partial charge on any atom is -0.497 e. The second-order valence-electron chi connectivity index (χ2n) is 5.16. The maximum atomic E-state index is 11.9. The lowest BCUT2D eigenvalue weighted by Gasteiger charge is -2.09. The maximum absolute atomic E-state index is 11.9. The topological polar surface area (TPSA) is 67.4 Å². The van der Waals surface area contributed by atoms with Crippen LogP contribution in [0, 0.1) is 6.92 Å². The van der Waals surface area contributed by atoms with Crippen LogP contribution in [0.2, 0.25) is 0 Å². The molecule has 0 unspecified atom stereocenters. The molecule has 0 heterocycles. The quantitative estimate of drug-likeness (QED) is 0.806. The lowest BCUT2D eigenvalue weighted by atomic mass is 10.1. The van der Waals surface area contributed by atoms with Crippen molar-refractivity contribution in [3.8, 4) is 5.75 Å². The van der Waals surface area contributed by atoms with Crippen molar-refractivity contribution in [1.29, 1.82) is 0 Å². The van der Waals surface area contributed by atoms with Crippen LogP contribution >= 0.6 is 0 Å². The van der Waals surface area contributed by atoms with Gasteiger partial charge < -0.3 is 15.4 Å². The van der Waals surface area contributed by atoms with Gasteiger partial charge >= 0.3 is 0 Å². The van der Waals surface area contributed by atoms with Gasteiger partial charge in [0.25, 0.3) is 0 Å². The van der Waals surface area contributed by atoms with Gasteiger partial charge in [0.2, 0.25) is 11.8 Å². The van der Waals surface area contributed by atoms with Crippen LogP contribution in [0.5, 0.6) is 5.75 Å². The number of rotatable bonds is 6. The number of amides is 2. The van der Waals surface area contributed by atoms with Crippen molar-refractivity contribution < 1.29 is 14.3 Å². The summed E-state index contributed by atoms with van der Waals surface area (Å²) in [6.07, 6.45) is -0.219. The van der Waals surface area contributed by atoms with Crippen molar-refractivity contribution in [3.63, 3.8) is 0 Å². The third-order valence-corrected chi connectivity index (χ3v) is 3.41. The van der Waals surface area contributed by atoms with Crippen LogP contribution in [0.1, 0.15) is 17.5 Å². The number of methoxy groups -OCH3 is 1. The molecular weight excluding hydrogens is 292 g/mol. The average molecular weight is 312 g/mol. The molecule has 0 saturated heterocycles. The van der Waals surface area contributed by atoms with Gasteiger partial charge in [0.1, 0.15) is 12.2 Å². The van der Waals surface area contributed by atoms with E-state index in [2.05, 4.69) is 10.6 Å². The minimum atomic E-state index is -0.361. The molecule has 0 spiro atoms. The first-order valence-corrected chi connectivity index (χ1v) is 7.33. The number of benzene rings is 2. The molecule has 0 saturated carbocycles. The lowest BCUT2D eigenvalue weighted by molar-refractivity contribution is -0.126. The number of carbonyl (C=O) groups excluding carboxylic acids is 2. The van der Waals surface area contributed by atoms with Gasteiger partial charge in [-0.15, -0.1) is 0 Å². The Labute approximate surface area is 135 Å². The van der Waals surface area contributed by atoms with Crippen molar-refractivity contribution in [1.82, 2.24) is 5.32 Å². The largest absolute Gasteiger partial charge is 0.497 e. The molecule has 0 radical (unpaired) electrons. The van der Waals surface area contributed by atoms with Gasteiger partial charge in [-0.2, -0.15) is 0 Å². The minimum absolute atomic E-state index is 0.219. The molecule has 2 aromatic carbocycles. The van der Waals surface area contributed by atoms with E-state index in [0.29, 0.717) is 18.0 Å². The molecule has 0 atom stereocenters. The van der Waals surface area contributed by atoms with E-state index in [-0.39, 0.29) is 18.2 Å². The van der Waals surface area contributed by atoms with Crippen LogP contribution in [-0.4, -0.2) is 18.9 Å². The Morgan fingerprint density at radius 3 is 2.57 bits per heavy atom. The van der Waals surface area contributed by atoms with Crippen LogP contribution in [0.25, 0.3) is 0 Å². The third-order valence-electron chi connectivity index (χ3n) is 3.41. The zero-order chi connectivity index (χ0) is 16.7. The number of aryl methyl sites for hydroxylation is 1. The first-order valence-electron chi connectivity index (χ1n) is 7.33. The molecule has 2 rings (SSSR count). The summed E-state index contributed by atoms with van der Waals surface area (Å²) < 4.78 is 5.09. The molecule has 120 valence electrons. The second kappa shape index (κ2) is 7.98. The Balaban J connectivity index is 1.82. The molecule has 0 aliphatic heterocycles. The predicted molar refractivity (Wildman–Crippen MR) is 89.3 cm³/mol. The van der Waals surface area contributed by atoms with Gasteiger partial charge in [0, 0.05) is 18.3 Å². The standard InChI is InChI=1S/C18H20N2O3/c1-13-6-3-4-7-14(13)12-19-17(21)11-18(22)20-15-8-5-9-16(10-15)23-2/h3-10H,11-12H2,1-2H3,(H,19,21)(H,20,22). The van der Waals surface area contributed by atoms with Gasteiger partial charge in [-0.1, -0.05) is 30.3 Å². The van der Waals surface area contributed by atoms with Crippen molar-refractivity contribution in [2.45, 2.75) is 19.9 Å². The zero-order valence-electron chi connectivity index (χ0n) is 13.3. The molecule has 2 aromatic rings. The molecule has 2 amide bonds. The third kappa shape index (κ3) is 5.14. The Hall–Kier alpha value is -2.82. The van der Waals surface area contributed by atoms with Crippen LogP contribution in [0.4, 0.5) is 5.69 Å². The highest BCUT2D eigenvalue weighted by atomic mass is 16.5. The summed E-state index contributed by atoms with van der Waals surface area (Å²) in [7, 11) is 1.56. The zero-order valence-corrected chi connectivity index (χ0v) is 13.3. The molecule has 2 N–H and O–H groups in total. The summed E-state index contributed by atoms with van der Waals surface area (Å²) in [6, 6.07) is 14.8. The van der Waals surface area contributed by atoms with Crippen molar-refractivity contribution >= 4 is 17.5 Å². The summed E-state index contributed by atoms with van der Waals surface area (Å²) in [5.74, 6) is -0.0269. The molecule has 0 aliphatic carbocycles. The van der Waals surface area contributed by atoms with E-state index in [1.54, 1.807) is 31.4 Å². The van der Waals surface area contributed by atoms with Gasteiger partial charge in [-0.05, 0) is 30.2 Å². The van der Waals surface area contributed by atoms with Crippen LogP contribution in [0.15, 0.2) is 48.5 Å². The normalized spacial score (nSPS) is 10.0. The van der Waals surface area contributed by atoms with Gasteiger partial charge in [-0.25, -0.2) is 0 Å². The fourth-order valence-corrected chi connectivity index (χ4v) is 2.12. The van der Waals surface area contributed by atoms with E-state index in [0.717, 1.165) is 11.1 Å². The van der Waals surface area contributed by atoms with Gasteiger partial charge in [0.15, 0.2) is 0 Å². The van der Waals surface area contributed by atoms with Crippen molar-refractivity contribution in [3.05, 3.63) is 59.7 Å². The number of hydrogen-bond donors (Lipinski definition) is 2. The van der Waals surface area contributed by atoms with Crippen LogP contribution in [0.3, 0.4) is 0 Å². The van der Waals surface area contributed by atoms with E-state index >= 15 is 0 Å². The monoisotopic (exact) mass is 312 g/mol. The van der Waals surface area contributed by atoms with E-state index in [4.69, 9.17) is 4.74 Å². The molecule has 0 aromatic heterocycles. The smallest absolute Gasteiger partial charge is 0.233 e. The van der Waals surface area contributed by atoms with E-state index in [1.165, 1.54) is 0 Å². The summed E-state index contributed by atoms with van der Waals surface area (Å²) in [4.78, 5) is 23.7. The first-order chi connectivity index (χ1) is 11.1. The van der Waals surface area contributed by atoms with Crippen molar-refractivity contribution in [2.75, 3.05) is 12.4 Å². The van der Waals surface area contributed by atoms with Crippen molar-refractivity contribution in [2.24, 2.45) is 0 Å². The number of ether oxygens (including phenoxy) is 1. The Morgan fingerprint density at radius 2 is 1.83 bits per heavy atom. The molecule has 5 nitrogen and oxygen atoms in total. The van der Waals surface area contributed by atoms with Crippen LogP contribution < -0.4 is 15.4 Å². The van der Waals surface area contributed by atoms with Crippen LogP contribution in [-0.2, 0) is 16.1 Å². The fourth-order valence-electron chi connectivity index (χ4n) is 2.12. The Morgan fingerprint density at radius 1 is 1.04 bits per heavy atom. The summed E-state index contributed by atoms with van der Waals surface area (Å²) in [6.45, 7) is 2.40. The number of anilines is 1. The Bertz CT molecular complexity index is 698. The molecule has 0 aliphatic rings. The highest BCUT2D eigenvalue weighted by Gasteiger charge is 2.10. The number of nitrogens with one attached hydrogen (secondary N) is 2. The molecular formula is C18H20N2O3. The first kappa shape index (κ1) is 16.5. The highest BCUT2D eigenvalue weighted by molar-refractivity contribution is 6.03. The predicted octanol–water partition coefficient (Wildman–Crippen LogP) is 2.65. The molecule has 0 bridgehead atoms. The highest BCUT2D eigenvalue weighted by Crippen LogP contribution is 2.16. The summed E-state index contributed by atoms with van der Waals surface area (Å²) in [5, 5.41) is 5.43. The van der Waals surface area contributed by atoms with E-state index < -0.39 is 0 Å². The second-order valence-corrected chi connectivity index (χ2v) is 5.16. The number of hydrogen-bond acceptors (Lipinski definition) is 3. The Kier molecular flexibility index (Phi) is 5.74. The molecule has 23 heavy (non-hydrogen) atoms. The van der Waals surface area contributed by atoms with Gasteiger partial charge in [0.05, 0.1) is 7.11 Å². The lowest BCUT2D eigenvalue weighted by Crippen LogP contribution is -2.28. The van der Waals surface area contributed by atoms with E-state index in [9.17, 15) is 9.59 Å². The summed E-state index contributed by atoms with van der Waals surface area (Å²) in [5.41, 5.74) is 2.74. The summed E-state index contributed by atoms with van der Waals surface area (Å²) >= 11 is 0. The average Bonchev–Trinajstić information content (AvgIpc) is 2.54. The van der Waals surface area contributed by atoms with E-state index in [1.807, 2.05) is 31.2 Å².